The highest BCUT2D eigenvalue weighted by Crippen LogP contribution is 2.50. The molecule has 0 spiro atoms. The molecule has 1 aliphatic rings. The van der Waals surface area contributed by atoms with E-state index >= 15 is 0 Å². The topological polar surface area (TPSA) is 29.3 Å². The third kappa shape index (κ3) is 2.51. The molecule has 1 aliphatic carbocycles. The zero-order chi connectivity index (χ0) is 14.1. The van der Waals surface area contributed by atoms with Crippen LogP contribution in [-0.4, -0.2) is 18.6 Å². The molecule has 0 aliphatic heterocycles. The molecular weight excluding hydrogens is 232 g/mol. The van der Waals surface area contributed by atoms with E-state index in [0.29, 0.717) is 11.3 Å². The lowest BCUT2D eigenvalue weighted by Crippen LogP contribution is -2.56. The lowest BCUT2D eigenvalue weighted by atomic mass is 9.84. The first kappa shape index (κ1) is 14.4. The Hall–Kier alpha value is -1.02. The quantitative estimate of drug-likeness (QED) is 0.895. The van der Waals surface area contributed by atoms with Crippen LogP contribution in [-0.2, 0) is 0 Å². The number of nitrogens with two attached hydrogens (primary N) is 1. The maximum Gasteiger partial charge on any atom is 0.0554 e. The van der Waals surface area contributed by atoms with E-state index in [1.165, 1.54) is 18.5 Å². The second-order valence-corrected chi connectivity index (χ2v) is 6.83. The van der Waals surface area contributed by atoms with Gasteiger partial charge in [-0.15, -0.1) is 0 Å². The highest BCUT2D eigenvalue weighted by Gasteiger charge is 2.50. The molecule has 19 heavy (non-hydrogen) atoms. The van der Waals surface area contributed by atoms with Gasteiger partial charge in [0.25, 0.3) is 0 Å². The van der Waals surface area contributed by atoms with Gasteiger partial charge in [0.15, 0.2) is 0 Å². The fraction of sp³-hybridized carbons (Fsp3) is 0.647. The Kier molecular flexibility index (Phi) is 3.91. The van der Waals surface area contributed by atoms with E-state index in [1.54, 1.807) is 0 Å². The maximum atomic E-state index is 6.25. The van der Waals surface area contributed by atoms with E-state index in [2.05, 4.69) is 62.9 Å². The summed E-state index contributed by atoms with van der Waals surface area (Å²) >= 11 is 0. The predicted molar refractivity (Wildman–Crippen MR) is 83.4 cm³/mol. The van der Waals surface area contributed by atoms with Crippen LogP contribution in [0, 0.1) is 11.3 Å². The van der Waals surface area contributed by atoms with Gasteiger partial charge in [-0.1, -0.05) is 39.0 Å². The van der Waals surface area contributed by atoms with Crippen molar-refractivity contribution in [3.63, 3.8) is 0 Å². The molecule has 2 nitrogen and oxygen atoms in total. The molecule has 2 heteroatoms. The smallest absolute Gasteiger partial charge is 0.0554 e. The Morgan fingerprint density at radius 3 is 2.32 bits per heavy atom. The SMILES string of the molecule is CCN(c1ccccc1)C1(CN)CC(C)(C)CC1C. The van der Waals surface area contributed by atoms with Crippen molar-refractivity contribution in [2.45, 2.75) is 46.1 Å². The van der Waals surface area contributed by atoms with Gasteiger partial charge < -0.3 is 10.6 Å². The number of hydrogen-bond acceptors (Lipinski definition) is 2. The monoisotopic (exact) mass is 260 g/mol. The third-order valence-electron chi connectivity index (χ3n) is 4.84. The van der Waals surface area contributed by atoms with Gasteiger partial charge in [-0.2, -0.15) is 0 Å². The van der Waals surface area contributed by atoms with Gasteiger partial charge in [-0.05, 0) is 43.2 Å². The number of anilines is 1. The zero-order valence-corrected chi connectivity index (χ0v) is 12.8. The van der Waals surface area contributed by atoms with E-state index in [1.807, 2.05) is 0 Å². The van der Waals surface area contributed by atoms with Crippen LogP contribution in [0.3, 0.4) is 0 Å². The van der Waals surface area contributed by atoms with Gasteiger partial charge >= 0.3 is 0 Å². The average molecular weight is 260 g/mol. The summed E-state index contributed by atoms with van der Waals surface area (Å²) in [6, 6.07) is 10.7. The van der Waals surface area contributed by atoms with Crippen LogP contribution in [0.25, 0.3) is 0 Å². The second kappa shape index (κ2) is 5.16. The van der Waals surface area contributed by atoms with Crippen molar-refractivity contribution >= 4 is 5.69 Å². The number of benzene rings is 1. The van der Waals surface area contributed by atoms with Crippen LogP contribution in [0.1, 0.15) is 40.5 Å². The minimum Gasteiger partial charge on any atom is -0.365 e. The molecule has 1 aromatic carbocycles. The minimum atomic E-state index is 0.111. The third-order valence-corrected chi connectivity index (χ3v) is 4.84. The van der Waals surface area contributed by atoms with Crippen LogP contribution in [0.15, 0.2) is 30.3 Å². The highest BCUT2D eigenvalue weighted by atomic mass is 15.2. The zero-order valence-electron chi connectivity index (χ0n) is 12.8. The van der Waals surface area contributed by atoms with Gasteiger partial charge in [0.1, 0.15) is 0 Å². The molecule has 2 unspecified atom stereocenters. The fourth-order valence-corrected chi connectivity index (χ4v) is 4.20. The molecule has 0 bridgehead atoms. The van der Waals surface area contributed by atoms with Crippen LogP contribution in [0.5, 0.6) is 0 Å². The van der Waals surface area contributed by atoms with Crippen molar-refractivity contribution in [2.75, 3.05) is 18.0 Å². The molecule has 2 N–H and O–H groups in total. The fourth-order valence-electron chi connectivity index (χ4n) is 4.20. The number of nitrogens with zero attached hydrogens (tertiary/aromatic N) is 1. The molecule has 0 amide bonds. The highest BCUT2D eigenvalue weighted by molar-refractivity contribution is 5.50. The van der Waals surface area contributed by atoms with Crippen molar-refractivity contribution < 1.29 is 0 Å². The van der Waals surface area contributed by atoms with Gasteiger partial charge in [-0.25, -0.2) is 0 Å². The van der Waals surface area contributed by atoms with Crippen LogP contribution >= 0.6 is 0 Å². The Labute approximate surface area is 118 Å². The Balaban J connectivity index is 2.40. The number of rotatable bonds is 4. The summed E-state index contributed by atoms with van der Waals surface area (Å²) in [6.45, 7) is 11.1. The molecule has 0 aromatic heterocycles. The molecule has 0 radical (unpaired) electrons. The van der Waals surface area contributed by atoms with Crippen molar-refractivity contribution in [3.8, 4) is 0 Å². The Bertz CT molecular complexity index is 413. The van der Waals surface area contributed by atoms with Crippen molar-refractivity contribution in [2.24, 2.45) is 17.1 Å². The molecule has 106 valence electrons. The Morgan fingerprint density at radius 1 is 1.26 bits per heavy atom. The van der Waals surface area contributed by atoms with Crippen LogP contribution in [0.4, 0.5) is 5.69 Å². The maximum absolute atomic E-state index is 6.25. The summed E-state index contributed by atoms with van der Waals surface area (Å²) in [5, 5.41) is 0. The van der Waals surface area contributed by atoms with Crippen LogP contribution < -0.4 is 10.6 Å². The first-order chi connectivity index (χ1) is 8.95. The van der Waals surface area contributed by atoms with Crippen LogP contribution in [0.2, 0.25) is 0 Å². The second-order valence-electron chi connectivity index (χ2n) is 6.83. The lowest BCUT2D eigenvalue weighted by Gasteiger charge is -2.45. The van der Waals surface area contributed by atoms with Gasteiger partial charge in [-0.3, -0.25) is 0 Å². The summed E-state index contributed by atoms with van der Waals surface area (Å²) in [6.07, 6.45) is 2.44. The summed E-state index contributed by atoms with van der Waals surface area (Å²) in [5.74, 6) is 0.632. The van der Waals surface area contributed by atoms with E-state index in [4.69, 9.17) is 5.73 Å². The van der Waals surface area contributed by atoms with E-state index < -0.39 is 0 Å². The van der Waals surface area contributed by atoms with Gasteiger partial charge in [0.2, 0.25) is 0 Å². The van der Waals surface area contributed by atoms with Gasteiger partial charge in [0, 0.05) is 18.8 Å². The van der Waals surface area contributed by atoms with E-state index in [-0.39, 0.29) is 5.54 Å². The summed E-state index contributed by atoms with van der Waals surface area (Å²) in [4.78, 5) is 2.53. The number of likely N-dealkylation sites (N-methyl/N-ethyl adjacent to an activating group) is 1. The van der Waals surface area contributed by atoms with Crippen molar-refractivity contribution in [1.82, 2.24) is 0 Å². The predicted octanol–water partition coefficient (Wildman–Crippen LogP) is 3.67. The number of hydrogen-bond donors (Lipinski definition) is 1. The lowest BCUT2D eigenvalue weighted by molar-refractivity contribution is 0.307. The van der Waals surface area contributed by atoms with E-state index in [9.17, 15) is 0 Å². The molecule has 2 atom stereocenters. The minimum absolute atomic E-state index is 0.111. The molecule has 2 rings (SSSR count). The molecule has 0 saturated heterocycles. The molecule has 1 saturated carbocycles. The summed E-state index contributed by atoms with van der Waals surface area (Å²) in [5.41, 5.74) is 8.06. The van der Waals surface area contributed by atoms with Gasteiger partial charge in [0.05, 0.1) is 5.54 Å². The molecular formula is C17H28N2. The summed E-state index contributed by atoms with van der Waals surface area (Å²) in [7, 11) is 0. The standard InChI is InChI=1S/C17H28N2/c1-5-19(15-9-7-6-8-10-15)17(13-18)12-16(3,4)11-14(17)2/h6-10,14H,5,11-13,18H2,1-4H3. The molecule has 1 aromatic rings. The first-order valence-corrected chi connectivity index (χ1v) is 7.48. The van der Waals surface area contributed by atoms with Crippen molar-refractivity contribution in [3.05, 3.63) is 30.3 Å². The molecule has 1 fully saturated rings. The normalized spacial score (nSPS) is 29.4. The average Bonchev–Trinajstić information content (AvgIpc) is 2.62. The Morgan fingerprint density at radius 2 is 1.89 bits per heavy atom. The summed E-state index contributed by atoms with van der Waals surface area (Å²) < 4.78 is 0. The molecule has 0 heterocycles. The largest absolute Gasteiger partial charge is 0.365 e. The number of para-hydroxylation sites is 1. The van der Waals surface area contributed by atoms with Crippen molar-refractivity contribution in [1.29, 1.82) is 0 Å². The van der Waals surface area contributed by atoms with E-state index in [0.717, 1.165) is 13.1 Å². The first-order valence-electron chi connectivity index (χ1n) is 7.48.